The Kier molecular flexibility index (Phi) is 42.8. The molecule has 690 valence electrons. The summed E-state index contributed by atoms with van der Waals surface area (Å²) < 4.78 is 136. The standard InChI is InChI=1S/C50H67ClFN6O9P.C41H60FN6O9P/c1-4-5-6-7-8-9-10-11-12-13-14-15-16-17-18-21-28-60-32-39(61-31-37-24-25-41(52)38(29-37)30-53)33-62-68(59,67-43-23-20-19-22-40(43)51)63-34-44-46-47(66-49(2,3)65-46)50(35-54,64-44)45-27-26-42-48(55)56-36-57-58(42)45;1-2-3-4-5-6-7-8-9-10-11-12-13-14-15-16-17-22-53-26-33(54-25-31-18-19-34(42)32(23-31)24-43)27-55-58(51,52)56-28-36-38(49)39(50)41(29-44,57-36)37-21-20-35-40(45)46-30-47-48(35)37/h19-20,22-27,29,36,39,44,46-47H,4-18,21,28,31-34H2,1-3H3,(H2,55,56,57);18-21,23,30,33,36,38-39,49-50H,2-17,22,25-28H2,1H3,(H,51,52)(H2,45,46,47)/t39-,44-,46-,47-,50+,68?;33-,36-,38-,39-,41+/m11/s1. The Bertz CT molecular complexity index is 4740. The minimum Gasteiger partial charge on any atom is -0.402 e. The third kappa shape index (κ3) is 30.7. The minimum atomic E-state index is -4.82. The number of unbranched alkanes of at least 4 members (excludes halogenated alkanes) is 30. The van der Waals surface area contributed by atoms with Gasteiger partial charge >= 0.3 is 15.6 Å². The zero-order chi connectivity index (χ0) is 90.2. The van der Waals surface area contributed by atoms with E-state index in [-0.39, 0.29) is 72.3 Å². The molecule has 0 amide bonds. The molecule has 7 heterocycles. The predicted molar refractivity (Wildman–Crippen MR) is 468 cm³/mol. The highest BCUT2D eigenvalue weighted by Gasteiger charge is 2.66. The first-order chi connectivity index (χ1) is 60.9. The summed E-state index contributed by atoms with van der Waals surface area (Å²) in [7, 11) is -9.43. The molecule has 3 fully saturated rings. The molecule has 0 spiro atoms. The number of hydrogen-bond donors (Lipinski definition) is 5. The van der Waals surface area contributed by atoms with E-state index in [0.29, 0.717) is 41.1 Å². The molecule has 35 heteroatoms. The molecule has 0 saturated carbocycles. The van der Waals surface area contributed by atoms with Crippen LogP contribution in [0.4, 0.5) is 20.4 Å². The van der Waals surface area contributed by atoms with E-state index in [4.69, 9.17) is 83.6 Å². The first-order valence-corrected chi connectivity index (χ1v) is 48.1. The summed E-state index contributed by atoms with van der Waals surface area (Å²) in [6.07, 6.45) is 33.2. The molecule has 0 aliphatic carbocycles. The lowest BCUT2D eigenvalue weighted by Gasteiger charge is -2.29. The van der Waals surface area contributed by atoms with E-state index in [9.17, 15) is 54.1 Å². The Labute approximate surface area is 744 Å². The summed E-state index contributed by atoms with van der Waals surface area (Å²) in [6, 6.07) is 28.6. The van der Waals surface area contributed by atoms with Gasteiger partial charge in [-0.3, -0.25) is 18.1 Å². The minimum absolute atomic E-state index is 0.00567. The smallest absolute Gasteiger partial charge is 0.402 e. The van der Waals surface area contributed by atoms with Crippen LogP contribution in [0.25, 0.3) is 11.0 Å². The Balaban J connectivity index is 0.000000289. The van der Waals surface area contributed by atoms with E-state index in [1.54, 1.807) is 50.2 Å². The maximum absolute atomic E-state index is 14.8. The van der Waals surface area contributed by atoms with Crippen molar-refractivity contribution in [2.45, 2.75) is 312 Å². The maximum atomic E-state index is 14.8. The number of aliphatic hydroxyl groups is 2. The SMILES string of the molecule is CCCCCCCCCCCCCCCCCCOC[C@H](COP(=O)(O)OC[C@H]1O[C@@](C#N)(c2ccc3c(N)ncnn23)[C@H](O)[C@@H]1O)OCc1ccc(F)c(C#N)c1.CCCCCCCCCCCCCCCCCCOC[C@H](COP(=O)(OC[C@H]1O[C@@](C#N)(c2ccc3c(N)ncnn23)[C@@H]2OC(C)(C)O[C@@H]21)Oc1ccccc1Cl)OCc1ccc(F)c(C#N)c1. The molecule has 12 atom stereocenters. The first kappa shape index (κ1) is 102. The van der Waals surface area contributed by atoms with Gasteiger partial charge in [-0.25, -0.2) is 36.9 Å². The van der Waals surface area contributed by atoms with E-state index in [2.05, 4.69) is 40.1 Å². The number of nitrogens with zero attached hydrogens (tertiary/aromatic N) is 10. The second-order valence-corrected chi connectivity index (χ2v) is 36.3. The highest BCUT2D eigenvalue weighted by Crippen LogP contribution is 2.55. The molecule has 126 heavy (non-hydrogen) atoms. The van der Waals surface area contributed by atoms with Crippen LogP contribution in [0, 0.1) is 57.0 Å². The number of nitrogens with two attached hydrogens (primary N) is 2. The lowest BCUT2D eigenvalue weighted by molar-refractivity contribution is -0.204. The van der Waals surface area contributed by atoms with Crippen LogP contribution < -0.4 is 16.0 Å². The van der Waals surface area contributed by atoms with Crippen LogP contribution in [-0.4, -0.2) is 152 Å². The summed E-state index contributed by atoms with van der Waals surface area (Å²) >= 11 is 6.47. The van der Waals surface area contributed by atoms with Crippen molar-refractivity contribution >= 4 is 49.9 Å². The van der Waals surface area contributed by atoms with E-state index in [0.717, 1.165) is 50.9 Å². The summed E-state index contributed by atoms with van der Waals surface area (Å²) in [5.41, 5.74) is 10.1. The number of fused-ring (bicyclic) bond motifs is 3. The van der Waals surface area contributed by atoms with Crippen LogP contribution in [0.1, 0.15) is 267 Å². The van der Waals surface area contributed by atoms with Crippen molar-refractivity contribution in [3.05, 3.63) is 148 Å². The van der Waals surface area contributed by atoms with Gasteiger partial charge in [-0.15, -0.1) is 0 Å². The predicted octanol–water partition coefficient (Wildman–Crippen LogP) is 18.9. The van der Waals surface area contributed by atoms with E-state index in [1.165, 1.54) is 231 Å². The van der Waals surface area contributed by atoms with E-state index in [1.807, 2.05) is 12.1 Å². The molecule has 3 aromatic carbocycles. The number of halogens is 3. The van der Waals surface area contributed by atoms with Crippen LogP contribution >= 0.6 is 27.2 Å². The summed E-state index contributed by atoms with van der Waals surface area (Å²) in [6.45, 7) is 6.84. The van der Waals surface area contributed by atoms with Crippen molar-refractivity contribution in [2.75, 3.05) is 64.3 Å². The number of nitrogen functional groups attached to an aromatic ring is 2. The van der Waals surface area contributed by atoms with Crippen molar-refractivity contribution in [3.63, 3.8) is 0 Å². The number of rotatable bonds is 60. The highest BCUT2D eigenvalue weighted by atomic mass is 35.5. The average molecular weight is 1810 g/mol. The van der Waals surface area contributed by atoms with Crippen molar-refractivity contribution in [1.82, 2.24) is 29.2 Å². The number of phosphoric ester groups is 2. The van der Waals surface area contributed by atoms with Crippen molar-refractivity contribution in [2.24, 2.45) is 0 Å². The fourth-order valence-electron chi connectivity index (χ4n) is 15.6. The molecule has 10 rings (SSSR count). The number of benzene rings is 3. The lowest BCUT2D eigenvalue weighted by Crippen LogP contribution is -2.41. The molecule has 7 aromatic rings. The van der Waals surface area contributed by atoms with Crippen LogP contribution in [0.2, 0.25) is 5.02 Å². The quantitative estimate of drug-likeness (QED) is 0.0175. The molecule has 0 bridgehead atoms. The molecule has 7 N–H and O–H groups in total. The van der Waals surface area contributed by atoms with Gasteiger partial charge in [0.2, 0.25) is 11.2 Å². The molecule has 0 radical (unpaired) electrons. The molecule has 3 saturated heterocycles. The monoisotopic (exact) mass is 1810 g/mol. The number of aliphatic hydroxyl groups excluding tert-OH is 2. The second-order valence-electron chi connectivity index (χ2n) is 32.9. The van der Waals surface area contributed by atoms with Gasteiger partial charge in [0.15, 0.2) is 17.4 Å². The topological polar surface area (TPSA) is 422 Å². The fourth-order valence-corrected chi connectivity index (χ4v) is 17.9. The first-order valence-electron chi connectivity index (χ1n) is 44.7. The number of phosphoric acid groups is 2. The number of nitriles is 4. The number of anilines is 2. The largest absolute Gasteiger partial charge is 0.530 e. The van der Waals surface area contributed by atoms with Crippen molar-refractivity contribution < 1.29 is 93.5 Å². The van der Waals surface area contributed by atoms with Gasteiger partial charge in [0.05, 0.1) is 80.4 Å². The van der Waals surface area contributed by atoms with E-state index >= 15 is 0 Å². The molecule has 3 aliphatic rings. The van der Waals surface area contributed by atoms with Gasteiger partial charge in [0.25, 0.3) is 0 Å². The Morgan fingerprint density at radius 1 is 0.524 bits per heavy atom. The van der Waals surface area contributed by atoms with Gasteiger partial charge in [-0.05, 0) is 98.5 Å². The Morgan fingerprint density at radius 2 is 0.944 bits per heavy atom. The van der Waals surface area contributed by atoms with Gasteiger partial charge in [0, 0.05) is 13.2 Å². The Morgan fingerprint density at radius 3 is 1.39 bits per heavy atom. The summed E-state index contributed by atoms with van der Waals surface area (Å²) in [4.78, 5) is 18.5. The average Bonchev–Trinajstić information content (AvgIpc) is 1.55. The third-order valence-electron chi connectivity index (χ3n) is 22.6. The van der Waals surface area contributed by atoms with Gasteiger partial charge < -0.3 is 69.0 Å². The molecule has 2 unspecified atom stereocenters. The maximum Gasteiger partial charge on any atom is 0.530 e. The second kappa shape index (κ2) is 52.8. The zero-order valence-corrected chi connectivity index (χ0v) is 75.7. The summed E-state index contributed by atoms with van der Waals surface area (Å²) in [5, 5.41) is 69.9. The van der Waals surface area contributed by atoms with E-state index < -0.39 is 113 Å². The lowest BCUT2D eigenvalue weighted by atomic mass is 9.92. The fraction of sp³-hybridized carbons (Fsp3) is 0.626. The van der Waals surface area contributed by atoms with Crippen molar-refractivity contribution in [1.29, 1.82) is 21.0 Å². The van der Waals surface area contributed by atoms with Crippen LogP contribution in [0.3, 0.4) is 0 Å². The molecule has 4 aromatic heterocycles. The number of para-hydroxylation sites is 1. The van der Waals surface area contributed by atoms with Gasteiger partial charge in [-0.1, -0.05) is 242 Å². The summed E-state index contributed by atoms with van der Waals surface area (Å²) in [5.74, 6) is -2.10. The third-order valence-corrected chi connectivity index (χ3v) is 25.2. The zero-order valence-electron chi connectivity index (χ0n) is 73.2. The molecular formula is C91H127ClF2N12O18P2. The molecule has 3 aliphatic heterocycles. The van der Waals surface area contributed by atoms with Crippen LogP contribution in [0.5, 0.6) is 5.75 Å². The highest BCUT2D eigenvalue weighted by molar-refractivity contribution is 7.49. The Hall–Kier alpha value is -7.73. The number of ether oxygens (including phenoxy) is 8. The number of aromatic nitrogens is 6. The van der Waals surface area contributed by atoms with Gasteiger partial charge in [-0.2, -0.15) is 31.2 Å². The number of hydrogen-bond acceptors (Lipinski definition) is 27. The normalized spacial score (nSPS) is 20.9. The molecular weight excluding hydrogens is 1680 g/mol. The van der Waals surface area contributed by atoms with Crippen LogP contribution in [-0.2, 0) is 89.5 Å². The van der Waals surface area contributed by atoms with Crippen LogP contribution in [0.15, 0.2) is 97.6 Å². The molecule has 30 nitrogen and oxygen atoms in total. The van der Waals surface area contributed by atoms with Gasteiger partial charge in [0.1, 0.15) is 114 Å². The van der Waals surface area contributed by atoms with Crippen molar-refractivity contribution in [3.8, 4) is 30.0 Å².